The minimum Gasteiger partial charge on any atom is -0.347 e. The Balaban J connectivity index is 1.74. The molecule has 1 N–H and O–H groups in total. The lowest BCUT2D eigenvalue weighted by Gasteiger charge is -2.24. The first-order chi connectivity index (χ1) is 13.2. The normalized spacial score (nSPS) is 17.3. The van der Waals surface area contributed by atoms with Gasteiger partial charge >= 0.3 is 0 Å². The van der Waals surface area contributed by atoms with Crippen LogP contribution in [-0.4, -0.2) is 24.0 Å². The Hall–Kier alpha value is -2.53. The molecule has 1 unspecified atom stereocenters. The molecule has 0 saturated heterocycles. The summed E-state index contributed by atoms with van der Waals surface area (Å²) >= 11 is 1.52. The fraction of sp³-hybridized carbons (Fsp3) is 0.304. The third kappa shape index (κ3) is 3.99. The van der Waals surface area contributed by atoms with Gasteiger partial charge in [0, 0.05) is 47.4 Å². The van der Waals surface area contributed by atoms with Gasteiger partial charge in [-0.3, -0.25) is 9.59 Å². The molecule has 1 heterocycles. The number of allylic oxidation sites excluding steroid dienone is 2. The van der Waals surface area contributed by atoms with Crippen LogP contribution in [0.5, 0.6) is 0 Å². The van der Waals surface area contributed by atoms with Crippen molar-refractivity contribution in [3.63, 3.8) is 0 Å². The fourth-order valence-corrected chi connectivity index (χ4v) is 4.48. The minimum absolute atomic E-state index is 0.0960. The topological polar surface area (TPSA) is 49.4 Å². The Kier molecular flexibility index (Phi) is 5.66. The van der Waals surface area contributed by atoms with Crippen LogP contribution in [0, 0.1) is 0 Å². The molecule has 28 heavy (non-hydrogen) atoms. The van der Waals surface area contributed by atoms with E-state index in [-0.39, 0.29) is 22.4 Å². The predicted molar refractivity (Wildman–Crippen MR) is 117 cm³/mol. The fourth-order valence-electron chi connectivity index (χ4n) is 3.59. The molecule has 3 rings (SSSR count). The van der Waals surface area contributed by atoms with Crippen LogP contribution in [0.25, 0.3) is 0 Å². The molecule has 0 aliphatic carbocycles. The number of ketones is 1. The Morgan fingerprint density at radius 3 is 2.36 bits per heavy atom. The summed E-state index contributed by atoms with van der Waals surface area (Å²) in [5.41, 5.74) is 3.97. The molecule has 2 aromatic carbocycles. The first kappa shape index (κ1) is 20.2. The molecule has 0 bridgehead atoms. The Labute approximate surface area is 171 Å². The van der Waals surface area contributed by atoms with E-state index < -0.39 is 0 Å². The van der Waals surface area contributed by atoms with Crippen LogP contribution >= 0.6 is 11.8 Å². The van der Waals surface area contributed by atoms with Crippen LogP contribution in [0.2, 0.25) is 0 Å². The van der Waals surface area contributed by atoms with Gasteiger partial charge in [0.1, 0.15) is 0 Å². The number of nitrogens with zero attached hydrogens (tertiary/aromatic N) is 1. The van der Waals surface area contributed by atoms with E-state index in [1.54, 1.807) is 6.08 Å². The third-order valence-corrected chi connectivity index (χ3v) is 6.24. The van der Waals surface area contributed by atoms with Crippen molar-refractivity contribution in [2.24, 2.45) is 0 Å². The molecule has 5 heteroatoms. The predicted octanol–water partition coefficient (Wildman–Crippen LogP) is 5.01. The summed E-state index contributed by atoms with van der Waals surface area (Å²) in [5.74, 6) is -0.00135. The van der Waals surface area contributed by atoms with Crippen molar-refractivity contribution in [2.45, 2.75) is 43.3 Å². The van der Waals surface area contributed by atoms with E-state index in [0.29, 0.717) is 0 Å². The van der Waals surface area contributed by atoms with E-state index in [4.69, 9.17) is 0 Å². The first-order valence-electron chi connectivity index (χ1n) is 9.33. The summed E-state index contributed by atoms with van der Waals surface area (Å²) in [6.07, 6.45) is 1.79. The summed E-state index contributed by atoms with van der Waals surface area (Å²) in [6, 6.07) is 15.8. The lowest BCUT2D eigenvalue weighted by atomic mass is 9.83. The zero-order valence-electron chi connectivity index (χ0n) is 16.9. The van der Waals surface area contributed by atoms with Gasteiger partial charge in [0.25, 0.3) is 0 Å². The quantitative estimate of drug-likeness (QED) is 0.572. The van der Waals surface area contributed by atoms with Crippen molar-refractivity contribution in [2.75, 3.05) is 17.3 Å². The number of para-hydroxylation sites is 1. The van der Waals surface area contributed by atoms with Crippen LogP contribution in [-0.2, 0) is 15.0 Å². The smallest absolute Gasteiger partial charge is 0.221 e. The average Bonchev–Trinajstić information content (AvgIpc) is 2.84. The van der Waals surface area contributed by atoms with Gasteiger partial charge in [0.15, 0.2) is 5.78 Å². The third-order valence-electron chi connectivity index (χ3n) is 5.11. The maximum atomic E-state index is 12.9. The molecule has 0 radical (unpaired) electrons. The zero-order chi connectivity index (χ0) is 20.5. The van der Waals surface area contributed by atoms with Crippen LogP contribution in [0.15, 0.2) is 65.2 Å². The lowest BCUT2D eigenvalue weighted by Crippen LogP contribution is -2.25. The number of amides is 1. The number of rotatable bonds is 5. The SMILES string of the molecule is CC(=O)Nc1ccc(SC(C)C(=O)C=C2N(C)c3ccccc3C2(C)C)cc1. The van der Waals surface area contributed by atoms with E-state index in [1.165, 1.54) is 24.2 Å². The Morgan fingerprint density at radius 2 is 1.75 bits per heavy atom. The van der Waals surface area contributed by atoms with Crippen molar-refractivity contribution >= 4 is 34.8 Å². The second kappa shape index (κ2) is 7.84. The molecule has 1 atom stereocenters. The number of thioether (sulfide) groups is 1. The molecule has 1 aliphatic heterocycles. The molecule has 1 amide bonds. The molecule has 2 aromatic rings. The molecule has 146 valence electrons. The molecular weight excluding hydrogens is 368 g/mol. The van der Waals surface area contributed by atoms with Gasteiger partial charge in [-0.05, 0) is 42.8 Å². The highest BCUT2D eigenvalue weighted by molar-refractivity contribution is 8.00. The highest BCUT2D eigenvalue weighted by Crippen LogP contribution is 2.46. The zero-order valence-corrected chi connectivity index (χ0v) is 17.8. The molecule has 0 fully saturated rings. The summed E-state index contributed by atoms with van der Waals surface area (Å²) in [7, 11) is 2.02. The van der Waals surface area contributed by atoms with Crippen LogP contribution in [0.4, 0.5) is 11.4 Å². The second-order valence-electron chi connectivity index (χ2n) is 7.60. The minimum atomic E-state index is -0.203. The van der Waals surface area contributed by atoms with E-state index in [0.717, 1.165) is 22.0 Å². The number of nitrogens with one attached hydrogen (secondary N) is 1. The lowest BCUT2D eigenvalue weighted by molar-refractivity contribution is -0.114. The monoisotopic (exact) mass is 394 g/mol. The largest absolute Gasteiger partial charge is 0.347 e. The molecular formula is C23H26N2O2S. The van der Waals surface area contributed by atoms with Gasteiger partial charge in [-0.1, -0.05) is 32.0 Å². The number of benzene rings is 2. The second-order valence-corrected chi connectivity index (χ2v) is 9.01. The van der Waals surface area contributed by atoms with Crippen molar-refractivity contribution in [1.82, 2.24) is 0 Å². The molecule has 0 aromatic heterocycles. The molecule has 0 spiro atoms. The van der Waals surface area contributed by atoms with Gasteiger partial charge in [-0.2, -0.15) is 0 Å². The molecule has 4 nitrogen and oxygen atoms in total. The van der Waals surface area contributed by atoms with E-state index in [2.05, 4.69) is 36.2 Å². The van der Waals surface area contributed by atoms with Crippen molar-refractivity contribution in [1.29, 1.82) is 0 Å². The summed E-state index contributed by atoms with van der Waals surface area (Å²) in [6.45, 7) is 7.73. The number of hydrogen-bond donors (Lipinski definition) is 1. The van der Waals surface area contributed by atoms with E-state index in [1.807, 2.05) is 50.4 Å². The number of carbonyl (C=O) groups excluding carboxylic acids is 2. The molecule has 1 aliphatic rings. The van der Waals surface area contributed by atoms with Crippen LogP contribution in [0.1, 0.15) is 33.3 Å². The number of hydrogen-bond acceptors (Lipinski definition) is 4. The highest BCUT2D eigenvalue weighted by atomic mass is 32.2. The van der Waals surface area contributed by atoms with Crippen molar-refractivity contribution in [3.05, 3.63) is 65.9 Å². The molecule has 0 saturated carbocycles. The van der Waals surface area contributed by atoms with Crippen molar-refractivity contribution < 1.29 is 9.59 Å². The summed E-state index contributed by atoms with van der Waals surface area (Å²) < 4.78 is 0. The van der Waals surface area contributed by atoms with Gasteiger partial charge < -0.3 is 10.2 Å². The average molecular weight is 395 g/mol. The Bertz CT molecular complexity index is 932. The van der Waals surface area contributed by atoms with Crippen LogP contribution < -0.4 is 10.2 Å². The maximum Gasteiger partial charge on any atom is 0.221 e. The van der Waals surface area contributed by atoms with Gasteiger partial charge in [-0.25, -0.2) is 0 Å². The van der Waals surface area contributed by atoms with Gasteiger partial charge in [0.2, 0.25) is 5.91 Å². The number of anilines is 2. The maximum absolute atomic E-state index is 12.9. The van der Waals surface area contributed by atoms with E-state index in [9.17, 15) is 9.59 Å². The first-order valence-corrected chi connectivity index (χ1v) is 10.2. The van der Waals surface area contributed by atoms with Gasteiger partial charge in [-0.15, -0.1) is 11.8 Å². The highest BCUT2D eigenvalue weighted by Gasteiger charge is 2.38. The van der Waals surface area contributed by atoms with E-state index >= 15 is 0 Å². The summed E-state index contributed by atoms with van der Waals surface area (Å²) in [5, 5.41) is 2.55. The van der Waals surface area contributed by atoms with Crippen molar-refractivity contribution in [3.8, 4) is 0 Å². The summed E-state index contributed by atoms with van der Waals surface area (Å²) in [4.78, 5) is 27.2. The number of fused-ring (bicyclic) bond motifs is 1. The van der Waals surface area contributed by atoms with Crippen LogP contribution in [0.3, 0.4) is 0 Å². The van der Waals surface area contributed by atoms with Gasteiger partial charge in [0.05, 0.1) is 5.25 Å². The number of likely N-dealkylation sites (N-methyl/N-ethyl adjacent to an activating group) is 1. The Morgan fingerprint density at radius 1 is 1.11 bits per heavy atom. The number of carbonyl (C=O) groups is 2. The standard InChI is InChI=1S/C23H26N2O2S/c1-15(28-18-12-10-17(11-13-18)24-16(2)26)21(27)14-22-23(3,4)19-8-6-7-9-20(19)25(22)5/h6-15H,1-5H3,(H,24,26).